The molecule has 1 aromatic heterocycles. The van der Waals surface area contributed by atoms with E-state index in [0.29, 0.717) is 5.56 Å². The number of epoxide rings is 1. The lowest BCUT2D eigenvalue weighted by atomic mass is 9.33. The van der Waals surface area contributed by atoms with E-state index in [1.54, 1.807) is 33.8 Å². The molecule has 16 heteroatoms. The van der Waals surface area contributed by atoms with Gasteiger partial charge in [-0.05, 0) is 45.1 Å². The van der Waals surface area contributed by atoms with Gasteiger partial charge < -0.3 is 52.2 Å². The van der Waals surface area contributed by atoms with E-state index in [9.17, 15) is 29.1 Å². The molecule has 4 aliphatic carbocycles. The molecule has 4 bridgehead atoms. The maximum absolute atomic E-state index is 14.1. The molecule has 4 aliphatic heterocycles. The molecule has 15 atom stereocenters. The standard InChI is InChI=1S/C39H48O16/c1-9-24(41)50-29-38(45)28(51-30(44)33(6)19(2)52-33)32(5)17-37(38)35(18-48-26(43)14-22(32)35)36-12-11-31(4,27(49-20(3)40)21-10-13-47-16-21)23(15-25(42)46-8)39(29,36)55-34(7,53-36)54-37/h10,13,16,19,22-23,27-29,45H,9,11-12,14-15,17-18H2,1-8H3/t19-,22+,23-,27+,28+,29-,31-,32-,33+,34-,35+,36+,37-,38+,39-/m1/s1. The molecular weight excluding hydrogens is 724 g/mol. The highest BCUT2D eigenvalue weighted by molar-refractivity contribution is 5.83. The second-order valence-electron chi connectivity index (χ2n) is 17.8. The third kappa shape index (κ3) is 3.93. The van der Waals surface area contributed by atoms with Gasteiger partial charge in [-0.1, -0.05) is 20.8 Å². The monoisotopic (exact) mass is 772 g/mol. The molecule has 4 saturated carbocycles. The van der Waals surface area contributed by atoms with Crippen molar-refractivity contribution in [3.05, 3.63) is 24.2 Å². The SMILES string of the molecule is CCC(=O)O[C@@H]1[C@@]2(O)[C@@H](OC(=O)[C@@]3(C)O[C@@H]3C)[C@]3(C)C[C@]24O[C@]2(C)O[C@]15[C@H](CC(=O)OC)[C@](C)([C@@H](OC(C)=O)c1ccoc1)CC[C@]5(O2)[C@@]41COC(=O)C[C@@H]31. The maximum atomic E-state index is 14.1. The Morgan fingerprint density at radius 1 is 1.00 bits per heavy atom. The summed E-state index contributed by atoms with van der Waals surface area (Å²) in [5.74, 6) is -7.04. The first-order valence-electron chi connectivity index (χ1n) is 19.1. The smallest absolute Gasteiger partial charge is 0.341 e. The van der Waals surface area contributed by atoms with E-state index in [4.69, 9.17) is 47.0 Å². The van der Waals surface area contributed by atoms with E-state index < -0.39 is 123 Å². The number of esters is 5. The van der Waals surface area contributed by atoms with Crippen molar-refractivity contribution < 1.29 is 76.1 Å². The van der Waals surface area contributed by atoms with Crippen molar-refractivity contribution in [1.82, 2.24) is 0 Å². The quantitative estimate of drug-likeness (QED) is 0.218. The van der Waals surface area contributed by atoms with Gasteiger partial charge in [0.2, 0.25) is 0 Å². The molecule has 8 aliphatic rings. The number of hydrogen-bond donors (Lipinski definition) is 1. The van der Waals surface area contributed by atoms with Crippen LogP contribution >= 0.6 is 0 Å². The number of carbonyl (C=O) groups is 5. The molecule has 5 heterocycles. The minimum Gasteiger partial charge on any atom is -0.472 e. The van der Waals surface area contributed by atoms with Crippen molar-refractivity contribution in [3.63, 3.8) is 0 Å². The number of methoxy groups -OCH3 is 1. The summed E-state index contributed by atoms with van der Waals surface area (Å²) >= 11 is 0. The number of hydrogen-bond acceptors (Lipinski definition) is 16. The van der Waals surface area contributed by atoms with Gasteiger partial charge in [-0.3, -0.25) is 19.2 Å². The van der Waals surface area contributed by atoms with Crippen LogP contribution in [-0.2, 0) is 66.6 Å². The predicted molar refractivity (Wildman–Crippen MR) is 179 cm³/mol. The van der Waals surface area contributed by atoms with Crippen LogP contribution in [0, 0.1) is 28.1 Å². The lowest BCUT2D eigenvalue weighted by molar-refractivity contribution is -0.486. The van der Waals surface area contributed by atoms with E-state index in [0.717, 1.165) is 0 Å². The molecule has 0 unspecified atom stereocenters. The van der Waals surface area contributed by atoms with Crippen molar-refractivity contribution in [3.8, 4) is 0 Å². The van der Waals surface area contributed by atoms with Gasteiger partial charge >= 0.3 is 29.8 Å². The number of ether oxygens (including phenoxy) is 9. The Hall–Kier alpha value is -3.57. The fourth-order valence-electron chi connectivity index (χ4n) is 13.3. The molecule has 1 N–H and O–H groups in total. The third-order valence-electron chi connectivity index (χ3n) is 15.4. The van der Waals surface area contributed by atoms with Gasteiger partial charge in [-0.25, -0.2) is 4.79 Å². The summed E-state index contributed by atoms with van der Waals surface area (Å²) in [4.78, 5) is 68.2. The van der Waals surface area contributed by atoms with Crippen LogP contribution < -0.4 is 0 Å². The van der Waals surface area contributed by atoms with Gasteiger partial charge in [-0.2, -0.15) is 0 Å². The van der Waals surface area contributed by atoms with Gasteiger partial charge in [-0.15, -0.1) is 0 Å². The average molecular weight is 773 g/mol. The number of rotatable bonds is 9. The summed E-state index contributed by atoms with van der Waals surface area (Å²) in [7, 11) is 1.24. The lowest BCUT2D eigenvalue weighted by Crippen LogP contribution is -2.95. The summed E-state index contributed by atoms with van der Waals surface area (Å²) in [5.41, 5.74) is -12.4. The number of fused-ring (bicyclic) bond motifs is 3. The molecule has 9 rings (SSSR count). The number of aliphatic hydroxyl groups is 1. The average Bonchev–Trinajstić information content (AvgIpc) is 3.47. The Bertz CT molecular complexity index is 1900. The van der Waals surface area contributed by atoms with Crippen molar-refractivity contribution in [2.45, 2.75) is 145 Å². The molecule has 3 spiro atoms. The Morgan fingerprint density at radius 2 is 1.71 bits per heavy atom. The molecular formula is C39H48O16. The lowest BCUT2D eigenvalue weighted by Gasteiger charge is -2.77. The highest BCUT2D eigenvalue weighted by Crippen LogP contribution is 2.90. The molecule has 0 amide bonds. The molecule has 16 nitrogen and oxygen atoms in total. The van der Waals surface area contributed by atoms with Gasteiger partial charge in [0, 0.05) is 49.0 Å². The molecule has 0 aromatic carbocycles. The second kappa shape index (κ2) is 10.9. The number of cyclic esters (lactones) is 1. The molecule has 8 fully saturated rings. The zero-order valence-electron chi connectivity index (χ0n) is 32.2. The third-order valence-corrected chi connectivity index (χ3v) is 15.4. The number of carbonyl (C=O) groups excluding carboxylic acids is 5. The minimum absolute atomic E-state index is 0.0488. The zero-order valence-corrected chi connectivity index (χ0v) is 32.2. The first-order chi connectivity index (χ1) is 25.7. The van der Waals surface area contributed by atoms with Crippen LogP contribution in [0.15, 0.2) is 23.0 Å². The minimum atomic E-state index is -2.40. The summed E-state index contributed by atoms with van der Waals surface area (Å²) < 4.78 is 63.0. The van der Waals surface area contributed by atoms with Crippen LogP contribution in [-0.4, -0.2) is 101 Å². The van der Waals surface area contributed by atoms with Crippen molar-refractivity contribution >= 4 is 29.8 Å². The van der Waals surface area contributed by atoms with E-state index in [2.05, 4.69) is 0 Å². The summed E-state index contributed by atoms with van der Waals surface area (Å²) in [6.07, 6.45) is -2.12. The van der Waals surface area contributed by atoms with E-state index in [1.165, 1.54) is 26.6 Å². The highest BCUT2D eigenvalue weighted by Gasteiger charge is 3.05. The number of furan rings is 1. The summed E-state index contributed by atoms with van der Waals surface area (Å²) in [6, 6.07) is 1.65. The van der Waals surface area contributed by atoms with Crippen LogP contribution in [0.5, 0.6) is 0 Å². The Kier molecular flexibility index (Phi) is 7.32. The maximum Gasteiger partial charge on any atom is 0.341 e. The van der Waals surface area contributed by atoms with Crippen molar-refractivity contribution in [2.75, 3.05) is 13.7 Å². The molecule has 1 aromatic rings. The van der Waals surface area contributed by atoms with Crippen LogP contribution in [0.3, 0.4) is 0 Å². The van der Waals surface area contributed by atoms with Crippen LogP contribution in [0.25, 0.3) is 0 Å². The summed E-state index contributed by atoms with van der Waals surface area (Å²) in [5, 5.41) is 14.1. The fraction of sp³-hybridized carbons (Fsp3) is 0.769. The molecule has 55 heavy (non-hydrogen) atoms. The van der Waals surface area contributed by atoms with Gasteiger partial charge in [0.05, 0.1) is 37.6 Å². The fourth-order valence-corrected chi connectivity index (χ4v) is 13.3. The van der Waals surface area contributed by atoms with Crippen LogP contribution in [0.1, 0.15) is 98.7 Å². The van der Waals surface area contributed by atoms with Gasteiger partial charge in [0.1, 0.15) is 35.6 Å². The zero-order chi connectivity index (χ0) is 39.6. The predicted octanol–water partition coefficient (Wildman–Crippen LogP) is 2.96. The highest BCUT2D eigenvalue weighted by atomic mass is 16.9. The van der Waals surface area contributed by atoms with E-state index in [1.807, 2.05) is 13.8 Å². The molecule has 300 valence electrons. The summed E-state index contributed by atoms with van der Waals surface area (Å²) in [6.45, 7) is 11.2. The first kappa shape index (κ1) is 37.0. The van der Waals surface area contributed by atoms with E-state index >= 15 is 0 Å². The van der Waals surface area contributed by atoms with Crippen molar-refractivity contribution in [2.24, 2.45) is 28.1 Å². The topological polar surface area (TPSA) is 205 Å². The Balaban J connectivity index is 1.36. The Morgan fingerprint density at radius 3 is 2.33 bits per heavy atom. The second-order valence-corrected chi connectivity index (χ2v) is 17.8. The van der Waals surface area contributed by atoms with E-state index in [-0.39, 0.29) is 38.7 Å². The van der Waals surface area contributed by atoms with Crippen LogP contribution in [0.2, 0.25) is 0 Å². The molecule has 0 radical (unpaired) electrons. The normalized spacial score (nSPS) is 51.0. The van der Waals surface area contributed by atoms with Crippen molar-refractivity contribution in [1.29, 1.82) is 0 Å². The van der Waals surface area contributed by atoms with Crippen LogP contribution in [0.4, 0.5) is 0 Å². The first-order valence-corrected chi connectivity index (χ1v) is 19.1. The Labute approximate surface area is 317 Å². The molecule has 4 saturated heterocycles. The largest absolute Gasteiger partial charge is 0.472 e. The van der Waals surface area contributed by atoms with Gasteiger partial charge in [0.15, 0.2) is 17.3 Å². The van der Waals surface area contributed by atoms with Gasteiger partial charge in [0.25, 0.3) is 5.97 Å².